The monoisotopic (exact) mass is 278 g/mol. The summed E-state index contributed by atoms with van der Waals surface area (Å²) in [6.07, 6.45) is 1.70. The van der Waals surface area contributed by atoms with Crippen molar-refractivity contribution in [1.29, 1.82) is 0 Å². The van der Waals surface area contributed by atoms with E-state index in [2.05, 4.69) is 4.98 Å². The number of aryl methyl sites for hydroxylation is 1. The molecule has 0 radical (unpaired) electrons. The van der Waals surface area contributed by atoms with Crippen molar-refractivity contribution in [3.8, 4) is 11.6 Å². The van der Waals surface area contributed by atoms with Gasteiger partial charge in [0.05, 0.1) is 0 Å². The summed E-state index contributed by atoms with van der Waals surface area (Å²) < 4.78 is 32.0. The van der Waals surface area contributed by atoms with Crippen LogP contribution in [-0.2, 0) is 13.0 Å². The van der Waals surface area contributed by atoms with Gasteiger partial charge in [0.1, 0.15) is 5.82 Å². The standard InChI is InChI=1S/C15H16F2N2O/c1-2-3-12-6-10(9-18)7-15(19-12)20-14-8-11(16)4-5-13(14)17/h4-8H,2-3,9,18H2,1H3. The fraction of sp³-hybridized carbons (Fsp3) is 0.267. The van der Waals surface area contributed by atoms with Crippen LogP contribution >= 0.6 is 0 Å². The minimum atomic E-state index is -0.636. The summed E-state index contributed by atoms with van der Waals surface area (Å²) in [5.74, 6) is -1.16. The van der Waals surface area contributed by atoms with E-state index in [4.69, 9.17) is 10.5 Å². The van der Waals surface area contributed by atoms with Crippen LogP contribution in [-0.4, -0.2) is 4.98 Å². The van der Waals surface area contributed by atoms with Gasteiger partial charge < -0.3 is 10.5 Å². The van der Waals surface area contributed by atoms with E-state index in [0.717, 1.165) is 42.3 Å². The fourth-order valence-electron chi connectivity index (χ4n) is 1.84. The Morgan fingerprint density at radius 2 is 2.00 bits per heavy atom. The Kier molecular flexibility index (Phi) is 4.63. The molecule has 0 aliphatic carbocycles. The first-order valence-electron chi connectivity index (χ1n) is 6.45. The van der Waals surface area contributed by atoms with E-state index in [-0.39, 0.29) is 11.6 Å². The lowest BCUT2D eigenvalue weighted by Crippen LogP contribution is -2.02. The average Bonchev–Trinajstić information content (AvgIpc) is 2.43. The van der Waals surface area contributed by atoms with E-state index >= 15 is 0 Å². The Morgan fingerprint density at radius 1 is 1.20 bits per heavy atom. The van der Waals surface area contributed by atoms with Crippen LogP contribution in [0.3, 0.4) is 0 Å². The van der Waals surface area contributed by atoms with Gasteiger partial charge in [0.25, 0.3) is 0 Å². The Balaban J connectivity index is 2.32. The van der Waals surface area contributed by atoms with Crippen molar-refractivity contribution in [2.24, 2.45) is 5.73 Å². The summed E-state index contributed by atoms with van der Waals surface area (Å²) in [4.78, 5) is 4.27. The second-order valence-corrected chi connectivity index (χ2v) is 4.44. The largest absolute Gasteiger partial charge is 0.436 e. The summed E-state index contributed by atoms with van der Waals surface area (Å²) in [5, 5.41) is 0. The molecule has 2 rings (SSSR count). The summed E-state index contributed by atoms with van der Waals surface area (Å²) in [5.41, 5.74) is 7.28. The van der Waals surface area contributed by atoms with Gasteiger partial charge >= 0.3 is 0 Å². The zero-order valence-electron chi connectivity index (χ0n) is 11.2. The van der Waals surface area contributed by atoms with E-state index < -0.39 is 11.6 Å². The highest BCUT2D eigenvalue weighted by molar-refractivity contribution is 5.32. The Bertz CT molecular complexity index is 602. The van der Waals surface area contributed by atoms with Crippen molar-refractivity contribution < 1.29 is 13.5 Å². The van der Waals surface area contributed by atoms with Crippen molar-refractivity contribution in [2.45, 2.75) is 26.3 Å². The molecule has 0 spiro atoms. The van der Waals surface area contributed by atoms with Crippen LogP contribution in [0.15, 0.2) is 30.3 Å². The van der Waals surface area contributed by atoms with Crippen molar-refractivity contribution in [3.63, 3.8) is 0 Å². The van der Waals surface area contributed by atoms with Gasteiger partial charge in [-0.15, -0.1) is 0 Å². The molecule has 3 nitrogen and oxygen atoms in total. The maximum absolute atomic E-state index is 13.5. The molecule has 0 amide bonds. The molecule has 0 aliphatic heterocycles. The highest BCUT2D eigenvalue weighted by Crippen LogP contribution is 2.25. The molecule has 1 aromatic carbocycles. The second kappa shape index (κ2) is 6.43. The van der Waals surface area contributed by atoms with Gasteiger partial charge in [-0.05, 0) is 30.2 Å². The molecule has 0 unspecified atom stereocenters. The third-order valence-corrected chi connectivity index (χ3v) is 2.76. The first-order valence-corrected chi connectivity index (χ1v) is 6.45. The zero-order chi connectivity index (χ0) is 14.5. The van der Waals surface area contributed by atoms with Crippen LogP contribution in [0.5, 0.6) is 11.6 Å². The van der Waals surface area contributed by atoms with E-state index in [9.17, 15) is 8.78 Å². The van der Waals surface area contributed by atoms with E-state index in [1.807, 2.05) is 13.0 Å². The predicted molar refractivity (Wildman–Crippen MR) is 72.6 cm³/mol. The Morgan fingerprint density at radius 3 is 2.70 bits per heavy atom. The molecule has 5 heteroatoms. The summed E-state index contributed by atoms with van der Waals surface area (Å²) in [6, 6.07) is 6.56. The lowest BCUT2D eigenvalue weighted by Gasteiger charge is -2.09. The summed E-state index contributed by atoms with van der Waals surface area (Å²) in [6.45, 7) is 2.37. The minimum Gasteiger partial charge on any atom is -0.436 e. The third-order valence-electron chi connectivity index (χ3n) is 2.76. The number of nitrogens with zero attached hydrogens (tertiary/aromatic N) is 1. The van der Waals surface area contributed by atoms with Crippen LogP contribution < -0.4 is 10.5 Å². The number of hydrogen-bond donors (Lipinski definition) is 1. The predicted octanol–water partition coefficient (Wildman–Crippen LogP) is 3.56. The van der Waals surface area contributed by atoms with E-state index in [1.165, 1.54) is 0 Å². The molecule has 20 heavy (non-hydrogen) atoms. The van der Waals surface area contributed by atoms with Crippen LogP contribution in [0.1, 0.15) is 24.6 Å². The average molecular weight is 278 g/mol. The number of hydrogen-bond acceptors (Lipinski definition) is 3. The number of pyridine rings is 1. The molecule has 2 N–H and O–H groups in total. The van der Waals surface area contributed by atoms with Crippen molar-refractivity contribution in [3.05, 3.63) is 53.2 Å². The molecule has 0 aliphatic rings. The van der Waals surface area contributed by atoms with Crippen molar-refractivity contribution in [1.82, 2.24) is 4.98 Å². The molecule has 1 aromatic heterocycles. The third kappa shape index (κ3) is 3.51. The van der Waals surface area contributed by atoms with Gasteiger partial charge in [0, 0.05) is 24.4 Å². The van der Waals surface area contributed by atoms with Gasteiger partial charge in [-0.1, -0.05) is 13.3 Å². The Labute approximate surface area is 116 Å². The summed E-state index contributed by atoms with van der Waals surface area (Å²) in [7, 11) is 0. The number of halogens is 2. The molecular weight excluding hydrogens is 262 g/mol. The molecular formula is C15H16F2N2O. The maximum atomic E-state index is 13.5. The molecule has 2 aromatic rings. The highest BCUT2D eigenvalue weighted by atomic mass is 19.1. The number of benzene rings is 1. The normalized spacial score (nSPS) is 10.6. The number of nitrogens with two attached hydrogens (primary N) is 1. The number of rotatable bonds is 5. The molecule has 1 heterocycles. The van der Waals surface area contributed by atoms with Crippen LogP contribution in [0.25, 0.3) is 0 Å². The smallest absolute Gasteiger partial charge is 0.219 e. The summed E-state index contributed by atoms with van der Waals surface area (Å²) >= 11 is 0. The van der Waals surface area contributed by atoms with Crippen LogP contribution in [0, 0.1) is 11.6 Å². The van der Waals surface area contributed by atoms with Gasteiger partial charge in [0.2, 0.25) is 5.88 Å². The topological polar surface area (TPSA) is 48.1 Å². The highest BCUT2D eigenvalue weighted by Gasteiger charge is 2.09. The molecule has 0 atom stereocenters. The van der Waals surface area contributed by atoms with E-state index in [1.54, 1.807) is 6.07 Å². The molecule has 0 fully saturated rings. The SMILES string of the molecule is CCCc1cc(CN)cc(Oc2cc(F)ccc2F)n1. The van der Waals surface area contributed by atoms with Gasteiger partial charge in [-0.2, -0.15) is 0 Å². The molecule has 0 saturated heterocycles. The van der Waals surface area contributed by atoms with Gasteiger partial charge in [-0.25, -0.2) is 13.8 Å². The molecule has 106 valence electrons. The van der Waals surface area contributed by atoms with E-state index in [0.29, 0.717) is 6.54 Å². The lowest BCUT2D eigenvalue weighted by molar-refractivity contribution is 0.420. The molecule has 0 bridgehead atoms. The van der Waals surface area contributed by atoms with Crippen molar-refractivity contribution in [2.75, 3.05) is 0 Å². The van der Waals surface area contributed by atoms with Crippen molar-refractivity contribution >= 4 is 0 Å². The second-order valence-electron chi connectivity index (χ2n) is 4.44. The quantitative estimate of drug-likeness (QED) is 0.909. The maximum Gasteiger partial charge on any atom is 0.219 e. The van der Waals surface area contributed by atoms with Crippen LogP contribution in [0.4, 0.5) is 8.78 Å². The Hall–Kier alpha value is -2.01. The minimum absolute atomic E-state index is 0.186. The first kappa shape index (κ1) is 14.4. The first-order chi connectivity index (χ1) is 9.62. The number of ether oxygens (including phenoxy) is 1. The fourth-order valence-corrected chi connectivity index (χ4v) is 1.84. The van der Waals surface area contributed by atoms with Gasteiger partial charge in [0.15, 0.2) is 11.6 Å². The van der Waals surface area contributed by atoms with Crippen LogP contribution in [0.2, 0.25) is 0 Å². The molecule has 0 saturated carbocycles. The zero-order valence-corrected chi connectivity index (χ0v) is 11.2. The lowest BCUT2D eigenvalue weighted by atomic mass is 10.1. The van der Waals surface area contributed by atoms with Gasteiger partial charge in [-0.3, -0.25) is 0 Å². The number of aromatic nitrogens is 1.